The van der Waals surface area contributed by atoms with Crippen LogP contribution < -0.4 is 11.0 Å². The SMILES string of the molecule is CCn1c(=O)n(CCC(=O)N[C@H](C(=O)OC)C(C)C)c2ccccc21. The van der Waals surface area contributed by atoms with E-state index in [1.807, 2.05) is 45.0 Å². The van der Waals surface area contributed by atoms with Gasteiger partial charge in [0, 0.05) is 19.5 Å². The van der Waals surface area contributed by atoms with E-state index in [1.54, 1.807) is 9.13 Å². The maximum Gasteiger partial charge on any atom is 0.329 e. The van der Waals surface area contributed by atoms with E-state index in [4.69, 9.17) is 4.74 Å². The molecule has 0 saturated heterocycles. The average molecular weight is 347 g/mol. The van der Waals surface area contributed by atoms with Crippen molar-refractivity contribution >= 4 is 22.9 Å². The van der Waals surface area contributed by atoms with Crippen molar-refractivity contribution in [3.05, 3.63) is 34.7 Å². The minimum atomic E-state index is -0.689. The van der Waals surface area contributed by atoms with Crippen LogP contribution in [0.3, 0.4) is 0 Å². The van der Waals surface area contributed by atoms with Gasteiger partial charge in [-0.1, -0.05) is 26.0 Å². The maximum atomic E-state index is 12.5. The first-order chi connectivity index (χ1) is 11.9. The lowest BCUT2D eigenvalue weighted by molar-refractivity contribution is -0.146. The highest BCUT2D eigenvalue weighted by Gasteiger charge is 2.24. The van der Waals surface area contributed by atoms with Gasteiger partial charge < -0.3 is 10.1 Å². The number of para-hydroxylation sites is 2. The number of esters is 1. The number of carbonyl (C=O) groups is 2. The first kappa shape index (κ1) is 18.8. The van der Waals surface area contributed by atoms with Gasteiger partial charge in [0.15, 0.2) is 0 Å². The van der Waals surface area contributed by atoms with Gasteiger partial charge >= 0.3 is 11.7 Å². The van der Waals surface area contributed by atoms with E-state index in [2.05, 4.69) is 5.32 Å². The van der Waals surface area contributed by atoms with Crippen LogP contribution in [0.2, 0.25) is 0 Å². The van der Waals surface area contributed by atoms with Crippen molar-refractivity contribution in [1.29, 1.82) is 0 Å². The molecule has 1 aromatic carbocycles. The smallest absolute Gasteiger partial charge is 0.329 e. The molecule has 0 aliphatic carbocycles. The number of hydrogen-bond donors (Lipinski definition) is 1. The van der Waals surface area contributed by atoms with Crippen molar-refractivity contribution in [3.8, 4) is 0 Å². The molecular weight excluding hydrogens is 322 g/mol. The van der Waals surface area contributed by atoms with Crippen LogP contribution in [0, 0.1) is 5.92 Å². The molecule has 1 amide bonds. The Morgan fingerprint density at radius 1 is 1.16 bits per heavy atom. The number of fused-ring (bicyclic) bond motifs is 1. The average Bonchev–Trinajstić information content (AvgIpc) is 2.87. The lowest BCUT2D eigenvalue weighted by atomic mass is 10.0. The molecule has 0 aliphatic rings. The number of rotatable bonds is 7. The molecule has 1 aromatic heterocycles. The third-order valence-corrected chi connectivity index (χ3v) is 4.24. The molecule has 0 aliphatic heterocycles. The molecule has 0 spiro atoms. The second kappa shape index (κ2) is 8.00. The van der Waals surface area contributed by atoms with Gasteiger partial charge in [-0.2, -0.15) is 0 Å². The summed E-state index contributed by atoms with van der Waals surface area (Å²) in [6, 6.07) is 6.82. The number of methoxy groups -OCH3 is 1. The number of aryl methyl sites for hydroxylation is 2. The first-order valence-electron chi connectivity index (χ1n) is 8.46. The van der Waals surface area contributed by atoms with E-state index in [9.17, 15) is 14.4 Å². The first-order valence-corrected chi connectivity index (χ1v) is 8.46. The molecule has 1 heterocycles. The number of aromatic nitrogens is 2. The lowest BCUT2D eigenvalue weighted by Gasteiger charge is -2.19. The Hall–Kier alpha value is -2.57. The number of nitrogens with one attached hydrogen (secondary N) is 1. The van der Waals surface area contributed by atoms with Gasteiger partial charge in [0.05, 0.1) is 18.1 Å². The highest BCUT2D eigenvalue weighted by Crippen LogP contribution is 2.13. The van der Waals surface area contributed by atoms with Gasteiger partial charge in [0.2, 0.25) is 5.91 Å². The van der Waals surface area contributed by atoms with Crippen molar-refractivity contribution in [1.82, 2.24) is 14.5 Å². The number of amides is 1. The van der Waals surface area contributed by atoms with Crippen molar-refractivity contribution in [3.63, 3.8) is 0 Å². The highest BCUT2D eigenvalue weighted by atomic mass is 16.5. The Kier molecular flexibility index (Phi) is 6.01. The molecule has 7 heteroatoms. The second-order valence-electron chi connectivity index (χ2n) is 6.23. The largest absolute Gasteiger partial charge is 0.467 e. The zero-order chi connectivity index (χ0) is 18.6. The van der Waals surface area contributed by atoms with Crippen molar-refractivity contribution in [2.24, 2.45) is 5.92 Å². The number of carbonyl (C=O) groups excluding carboxylic acids is 2. The van der Waals surface area contributed by atoms with Crippen LogP contribution in [0.1, 0.15) is 27.2 Å². The number of imidazole rings is 1. The fraction of sp³-hybridized carbons (Fsp3) is 0.500. The fourth-order valence-corrected chi connectivity index (χ4v) is 2.88. The summed E-state index contributed by atoms with van der Waals surface area (Å²) >= 11 is 0. The van der Waals surface area contributed by atoms with Crippen LogP contribution >= 0.6 is 0 Å². The van der Waals surface area contributed by atoms with E-state index in [-0.39, 0.29) is 30.5 Å². The monoisotopic (exact) mass is 347 g/mol. The normalized spacial score (nSPS) is 12.4. The molecule has 1 atom stereocenters. The van der Waals surface area contributed by atoms with Crippen molar-refractivity contribution in [2.75, 3.05) is 7.11 Å². The number of benzene rings is 1. The molecule has 136 valence electrons. The van der Waals surface area contributed by atoms with Crippen LogP contribution in [-0.4, -0.2) is 34.2 Å². The quantitative estimate of drug-likeness (QED) is 0.770. The molecule has 1 N–H and O–H groups in total. The summed E-state index contributed by atoms with van der Waals surface area (Å²) in [7, 11) is 1.29. The van der Waals surface area contributed by atoms with Crippen LogP contribution in [0.5, 0.6) is 0 Å². The van der Waals surface area contributed by atoms with Gasteiger partial charge in [-0.25, -0.2) is 9.59 Å². The van der Waals surface area contributed by atoms with E-state index in [0.29, 0.717) is 6.54 Å². The maximum absolute atomic E-state index is 12.5. The Balaban J connectivity index is 2.15. The van der Waals surface area contributed by atoms with Gasteiger partial charge in [-0.3, -0.25) is 13.9 Å². The summed E-state index contributed by atoms with van der Waals surface area (Å²) < 4.78 is 8.00. The third-order valence-electron chi connectivity index (χ3n) is 4.24. The Morgan fingerprint density at radius 2 is 1.76 bits per heavy atom. The number of hydrogen-bond acceptors (Lipinski definition) is 4. The summed E-state index contributed by atoms with van der Waals surface area (Å²) in [4.78, 5) is 36.5. The minimum Gasteiger partial charge on any atom is -0.467 e. The lowest BCUT2D eigenvalue weighted by Crippen LogP contribution is -2.45. The molecular formula is C18H25N3O4. The molecule has 0 unspecified atom stereocenters. The van der Waals surface area contributed by atoms with Gasteiger partial charge in [0.1, 0.15) is 6.04 Å². The topological polar surface area (TPSA) is 82.3 Å². The predicted octanol–water partition coefficient (Wildman–Crippen LogP) is 1.53. The molecule has 2 aromatic rings. The Morgan fingerprint density at radius 3 is 2.28 bits per heavy atom. The molecule has 0 saturated carbocycles. The second-order valence-corrected chi connectivity index (χ2v) is 6.23. The summed E-state index contributed by atoms with van der Waals surface area (Å²) in [6.45, 7) is 6.40. The minimum absolute atomic E-state index is 0.0823. The van der Waals surface area contributed by atoms with Crippen LogP contribution in [0.15, 0.2) is 29.1 Å². The summed E-state index contributed by atoms with van der Waals surface area (Å²) in [5.41, 5.74) is 1.52. The third kappa shape index (κ3) is 3.92. The van der Waals surface area contributed by atoms with Crippen molar-refractivity contribution < 1.29 is 14.3 Å². The number of ether oxygens (including phenoxy) is 1. The molecule has 25 heavy (non-hydrogen) atoms. The van der Waals surface area contributed by atoms with Crippen LogP contribution in [0.4, 0.5) is 0 Å². The zero-order valence-electron chi connectivity index (χ0n) is 15.1. The van der Waals surface area contributed by atoms with Crippen LogP contribution in [0.25, 0.3) is 11.0 Å². The molecule has 7 nitrogen and oxygen atoms in total. The zero-order valence-corrected chi connectivity index (χ0v) is 15.1. The molecule has 0 fully saturated rings. The standard InChI is InChI=1S/C18H25N3O4/c1-5-20-13-8-6-7-9-14(13)21(18(20)24)11-10-15(22)19-16(12(2)3)17(23)25-4/h6-9,12,16H,5,10-11H2,1-4H3,(H,19,22)/t16-/m0/s1. The van der Waals surface area contributed by atoms with Gasteiger partial charge in [0.25, 0.3) is 0 Å². The highest BCUT2D eigenvalue weighted by molar-refractivity contribution is 5.84. The Labute approximate surface area is 146 Å². The fourth-order valence-electron chi connectivity index (χ4n) is 2.88. The molecule has 2 rings (SSSR count). The molecule has 0 bridgehead atoms. The van der Waals surface area contributed by atoms with E-state index in [1.165, 1.54) is 7.11 Å². The van der Waals surface area contributed by atoms with Crippen molar-refractivity contribution in [2.45, 2.75) is 46.3 Å². The predicted molar refractivity (Wildman–Crippen MR) is 95.3 cm³/mol. The molecule has 0 radical (unpaired) electrons. The summed E-state index contributed by atoms with van der Waals surface area (Å²) in [6.07, 6.45) is 0.109. The summed E-state index contributed by atoms with van der Waals surface area (Å²) in [5, 5.41) is 2.69. The number of nitrogens with zero attached hydrogens (tertiary/aromatic N) is 2. The van der Waals surface area contributed by atoms with Gasteiger partial charge in [-0.15, -0.1) is 0 Å². The van der Waals surface area contributed by atoms with E-state index < -0.39 is 12.0 Å². The van der Waals surface area contributed by atoms with Crippen LogP contribution in [-0.2, 0) is 27.4 Å². The van der Waals surface area contributed by atoms with E-state index in [0.717, 1.165) is 11.0 Å². The Bertz CT molecular complexity index is 819. The van der Waals surface area contributed by atoms with Gasteiger partial charge in [-0.05, 0) is 25.0 Å². The summed E-state index contributed by atoms with van der Waals surface area (Å²) in [5.74, 6) is -0.839. The van der Waals surface area contributed by atoms with E-state index >= 15 is 0 Å².